The second kappa shape index (κ2) is 11.0. The maximum Gasteiger partial charge on any atom is 0.673 e. The molecule has 1 heterocycles. The van der Waals surface area contributed by atoms with Crippen molar-refractivity contribution in [2.75, 3.05) is 34.3 Å². The van der Waals surface area contributed by atoms with Gasteiger partial charge >= 0.3 is 7.25 Å². The van der Waals surface area contributed by atoms with Crippen molar-refractivity contribution in [3.63, 3.8) is 0 Å². The van der Waals surface area contributed by atoms with Gasteiger partial charge in [-0.05, 0) is 52.6 Å². The maximum atomic E-state index is 11.4. The van der Waals surface area contributed by atoms with E-state index in [0.29, 0.717) is 6.61 Å². The van der Waals surface area contributed by atoms with E-state index in [0.717, 1.165) is 68.5 Å². The Balaban J connectivity index is 0.000000648. The van der Waals surface area contributed by atoms with Crippen LogP contribution in [0.1, 0.15) is 17.5 Å². The lowest BCUT2D eigenvalue weighted by atomic mass is 9.96. The van der Waals surface area contributed by atoms with Gasteiger partial charge in [-0.25, -0.2) is 4.98 Å². The van der Waals surface area contributed by atoms with Crippen molar-refractivity contribution in [2.45, 2.75) is 12.8 Å². The summed E-state index contributed by atoms with van der Waals surface area (Å²) in [4.78, 5) is 16.0. The van der Waals surface area contributed by atoms with Crippen molar-refractivity contribution in [1.82, 2.24) is 4.98 Å². The highest BCUT2D eigenvalue weighted by Gasteiger charge is 2.26. The number of halogens is 4. The van der Waals surface area contributed by atoms with Crippen LogP contribution in [0.5, 0.6) is 5.75 Å². The quantitative estimate of drug-likeness (QED) is 0.0548. The van der Waals surface area contributed by atoms with Crippen LogP contribution in [0.25, 0.3) is 33.3 Å². The topological polar surface area (TPSA) is 65.3 Å². The normalized spacial score (nSPS) is 12.4. The molecule has 1 aliphatic carbocycles. The summed E-state index contributed by atoms with van der Waals surface area (Å²) in [7, 11) is 0.543. The first-order chi connectivity index (χ1) is 18.3. The van der Waals surface area contributed by atoms with E-state index in [1.54, 1.807) is 12.1 Å². The Morgan fingerprint density at radius 1 is 1.00 bits per heavy atom. The fourth-order valence-electron chi connectivity index (χ4n) is 4.67. The molecule has 0 fully saturated rings. The van der Waals surface area contributed by atoms with Gasteiger partial charge in [0.05, 0.1) is 50.4 Å². The molecule has 0 saturated carbocycles. The van der Waals surface area contributed by atoms with E-state index in [1.165, 1.54) is 11.6 Å². The van der Waals surface area contributed by atoms with Crippen LogP contribution < -0.4 is 4.74 Å². The molecule has 11 heteroatoms. The molecular weight excluding hydrogens is 513 g/mol. The number of quaternary nitrogens is 1. The number of non-ortho nitro benzene ring substituents is 1. The van der Waals surface area contributed by atoms with Crippen molar-refractivity contribution in [3.8, 4) is 28.1 Å². The Kier molecular flexibility index (Phi) is 7.92. The number of nitrogens with zero attached hydrogens (tertiary/aromatic N) is 3. The maximum absolute atomic E-state index is 11.4. The number of pyridine rings is 1. The van der Waals surface area contributed by atoms with E-state index in [2.05, 4.69) is 45.4 Å². The number of ether oxygens (including phenoxy) is 1. The van der Waals surface area contributed by atoms with Gasteiger partial charge < -0.3 is 26.5 Å². The third kappa shape index (κ3) is 7.11. The standard InChI is InChI=1S/C28H28N3O3.BF4/c1-31(2,3)15-6-16-34-22-12-9-19(10-13-22)28-25-17-20-7-4-5-8-23(20)27(25)24-18-21(30(32)33)11-14-26(24)29-28;2-1(3,4)5/h4-5,7-14,18H,6,15-17H2,1-3H3;/q+1;-1. The zero-order valence-corrected chi connectivity index (χ0v) is 21.8. The zero-order valence-electron chi connectivity index (χ0n) is 21.8. The molecule has 0 N–H and O–H groups in total. The van der Waals surface area contributed by atoms with Gasteiger partial charge in [-0.1, -0.05) is 24.3 Å². The van der Waals surface area contributed by atoms with Crippen LogP contribution >= 0.6 is 0 Å². The first-order valence-electron chi connectivity index (χ1n) is 12.4. The van der Waals surface area contributed by atoms with Crippen LogP contribution in [0.3, 0.4) is 0 Å². The van der Waals surface area contributed by atoms with Gasteiger partial charge in [-0.15, -0.1) is 0 Å². The molecule has 6 nitrogen and oxygen atoms in total. The van der Waals surface area contributed by atoms with Gasteiger partial charge in [0.15, 0.2) is 0 Å². The molecule has 0 atom stereocenters. The fraction of sp³-hybridized carbons (Fsp3) is 0.250. The van der Waals surface area contributed by atoms with Crippen LogP contribution in [-0.4, -0.2) is 55.9 Å². The second-order valence-electron chi connectivity index (χ2n) is 10.3. The monoisotopic (exact) mass is 541 g/mol. The van der Waals surface area contributed by atoms with Gasteiger partial charge in [-0.3, -0.25) is 10.1 Å². The van der Waals surface area contributed by atoms with Gasteiger partial charge in [0.2, 0.25) is 0 Å². The molecule has 39 heavy (non-hydrogen) atoms. The van der Waals surface area contributed by atoms with E-state index < -0.39 is 7.25 Å². The van der Waals surface area contributed by atoms with Crippen LogP contribution in [-0.2, 0) is 6.42 Å². The number of rotatable bonds is 7. The number of hydrogen-bond donors (Lipinski definition) is 0. The van der Waals surface area contributed by atoms with E-state index >= 15 is 0 Å². The molecule has 1 aromatic heterocycles. The lowest BCUT2D eigenvalue weighted by Crippen LogP contribution is -2.35. The first kappa shape index (κ1) is 28.0. The van der Waals surface area contributed by atoms with Crippen LogP contribution in [0.15, 0.2) is 66.7 Å². The van der Waals surface area contributed by atoms with E-state index in [1.807, 2.05) is 24.3 Å². The minimum atomic E-state index is -6.00. The number of fused-ring (bicyclic) bond motifs is 5. The average molecular weight is 541 g/mol. The van der Waals surface area contributed by atoms with Crippen molar-refractivity contribution in [1.29, 1.82) is 0 Å². The van der Waals surface area contributed by atoms with Gasteiger partial charge in [-0.2, -0.15) is 0 Å². The lowest BCUT2D eigenvalue weighted by molar-refractivity contribution is -0.870. The summed E-state index contributed by atoms with van der Waals surface area (Å²) in [5.41, 5.74) is 7.30. The second-order valence-corrected chi connectivity index (χ2v) is 10.3. The van der Waals surface area contributed by atoms with Crippen LogP contribution in [0.4, 0.5) is 23.0 Å². The minimum Gasteiger partial charge on any atom is -0.493 e. The molecule has 0 radical (unpaired) electrons. The fourth-order valence-corrected chi connectivity index (χ4v) is 4.67. The first-order valence-corrected chi connectivity index (χ1v) is 12.4. The smallest absolute Gasteiger partial charge is 0.493 e. The van der Waals surface area contributed by atoms with Crippen molar-refractivity contribution < 1.29 is 31.4 Å². The van der Waals surface area contributed by atoms with Crippen molar-refractivity contribution in [3.05, 3.63) is 88.0 Å². The molecule has 0 aliphatic heterocycles. The third-order valence-electron chi connectivity index (χ3n) is 6.30. The van der Waals surface area contributed by atoms with E-state index in [-0.39, 0.29) is 10.6 Å². The highest BCUT2D eigenvalue weighted by atomic mass is 19.5. The number of benzene rings is 3. The van der Waals surface area contributed by atoms with Crippen LogP contribution in [0, 0.1) is 10.1 Å². The molecule has 204 valence electrons. The Morgan fingerprint density at radius 3 is 2.31 bits per heavy atom. The number of nitro groups is 1. The molecule has 0 saturated heterocycles. The molecule has 1 aliphatic rings. The summed E-state index contributed by atoms with van der Waals surface area (Å²) < 4.78 is 45.9. The Labute approximate surface area is 223 Å². The summed E-state index contributed by atoms with van der Waals surface area (Å²) in [6, 6.07) is 21.3. The SMILES string of the molecule is C[N+](C)(C)CCCOc1ccc(-c2nc3ccc([N+](=O)[O-])cc3c3c2Cc2ccccc2-3)cc1.F[B-](F)(F)F. The van der Waals surface area contributed by atoms with E-state index in [9.17, 15) is 27.4 Å². The summed E-state index contributed by atoms with van der Waals surface area (Å²) in [5, 5.41) is 12.3. The summed E-state index contributed by atoms with van der Waals surface area (Å²) in [6.45, 7) is 1.75. The molecular formula is C28H28BF4N3O3. The third-order valence-corrected chi connectivity index (χ3v) is 6.30. The predicted molar refractivity (Wildman–Crippen MR) is 145 cm³/mol. The average Bonchev–Trinajstić information content (AvgIpc) is 3.25. The molecule has 0 unspecified atom stereocenters. The summed E-state index contributed by atoms with van der Waals surface area (Å²) in [5.74, 6) is 0.849. The Morgan fingerprint density at radius 2 is 1.67 bits per heavy atom. The molecule has 5 rings (SSSR count). The van der Waals surface area contributed by atoms with E-state index in [4.69, 9.17) is 9.72 Å². The molecule has 3 aromatic carbocycles. The minimum absolute atomic E-state index is 0.0837. The predicted octanol–water partition coefficient (Wildman–Crippen LogP) is 7.16. The highest BCUT2D eigenvalue weighted by molar-refractivity contribution is 6.50. The molecule has 0 amide bonds. The molecule has 4 aromatic rings. The molecule has 0 spiro atoms. The number of aromatic nitrogens is 1. The zero-order chi connectivity index (χ0) is 28.4. The molecule has 0 bridgehead atoms. The largest absolute Gasteiger partial charge is 0.673 e. The van der Waals surface area contributed by atoms with Gasteiger partial charge in [0.1, 0.15) is 5.75 Å². The lowest BCUT2D eigenvalue weighted by Gasteiger charge is -2.23. The summed E-state index contributed by atoms with van der Waals surface area (Å²) >= 11 is 0. The Hall–Kier alpha value is -3.99. The van der Waals surface area contributed by atoms with Gasteiger partial charge in [0.25, 0.3) is 5.69 Å². The summed E-state index contributed by atoms with van der Waals surface area (Å²) in [6.07, 6.45) is 1.76. The van der Waals surface area contributed by atoms with Crippen molar-refractivity contribution in [2.24, 2.45) is 0 Å². The van der Waals surface area contributed by atoms with Crippen molar-refractivity contribution >= 4 is 23.8 Å². The number of nitro benzene ring substituents is 1. The number of hydrogen-bond acceptors (Lipinski definition) is 4. The van der Waals surface area contributed by atoms with Crippen LogP contribution in [0.2, 0.25) is 0 Å². The van der Waals surface area contributed by atoms with Gasteiger partial charge in [0, 0.05) is 35.9 Å². The Bertz CT molecular complexity index is 1500. The highest BCUT2D eigenvalue weighted by Crippen LogP contribution is 2.45.